The summed E-state index contributed by atoms with van der Waals surface area (Å²) in [5.74, 6) is -2.37. The van der Waals surface area contributed by atoms with Gasteiger partial charge in [0.1, 0.15) is 11.6 Å². The van der Waals surface area contributed by atoms with E-state index in [0.717, 1.165) is 31.7 Å². The van der Waals surface area contributed by atoms with E-state index in [4.69, 9.17) is 14.9 Å². The number of nitrogens with zero attached hydrogens (tertiary/aromatic N) is 1. The maximum absolute atomic E-state index is 14.8. The van der Waals surface area contributed by atoms with E-state index in [9.17, 15) is 27.2 Å². The average molecular weight is 642 g/mol. The zero-order valence-electron chi connectivity index (χ0n) is 23.6. The lowest BCUT2D eigenvalue weighted by Gasteiger charge is -2.20. The fraction of sp³-hybridized carbons (Fsp3) is 0.414. The van der Waals surface area contributed by atoms with Gasteiger partial charge in [-0.15, -0.1) is 12.4 Å². The zero-order chi connectivity index (χ0) is 30.7. The van der Waals surface area contributed by atoms with Gasteiger partial charge in [-0.3, -0.25) is 4.79 Å². The lowest BCUT2D eigenvalue weighted by Crippen LogP contribution is -2.43. The normalized spacial score (nSPS) is 15.6. The highest BCUT2D eigenvalue weighted by molar-refractivity contribution is 5.94. The maximum Gasteiger partial charge on any atom is 0.387 e. The number of ether oxygens (including phenoxy) is 2. The van der Waals surface area contributed by atoms with Gasteiger partial charge >= 0.3 is 12.6 Å². The molecule has 2 aliphatic carbocycles. The smallest absolute Gasteiger partial charge is 0.387 e. The van der Waals surface area contributed by atoms with Crippen molar-refractivity contribution < 1.29 is 41.0 Å². The van der Waals surface area contributed by atoms with Crippen molar-refractivity contribution in [1.82, 2.24) is 20.9 Å². The van der Waals surface area contributed by atoms with Gasteiger partial charge in [-0.1, -0.05) is 6.07 Å². The third-order valence-corrected chi connectivity index (χ3v) is 6.88. The molecule has 15 heteroatoms. The fourth-order valence-corrected chi connectivity index (χ4v) is 4.27. The predicted molar refractivity (Wildman–Crippen MR) is 153 cm³/mol. The summed E-state index contributed by atoms with van der Waals surface area (Å²) in [6, 6.07) is 4.63. The Labute approximate surface area is 256 Å². The van der Waals surface area contributed by atoms with E-state index in [1.165, 1.54) is 24.3 Å². The van der Waals surface area contributed by atoms with Gasteiger partial charge in [-0.2, -0.15) is 8.78 Å². The van der Waals surface area contributed by atoms with E-state index in [0.29, 0.717) is 24.2 Å². The van der Waals surface area contributed by atoms with Crippen molar-refractivity contribution in [2.45, 2.75) is 57.3 Å². The molecule has 10 nitrogen and oxygen atoms in total. The van der Waals surface area contributed by atoms with Crippen LogP contribution in [0.5, 0.6) is 11.5 Å². The first-order chi connectivity index (χ1) is 20.6. The number of nitrogens with two attached hydrogens (primary N) is 1. The number of nitrogens with one attached hydrogen (secondary N) is 3. The molecule has 238 valence electrons. The summed E-state index contributed by atoms with van der Waals surface area (Å²) in [6.45, 7) is -1.41. The van der Waals surface area contributed by atoms with Crippen LogP contribution in [0.3, 0.4) is 0 Å². The molecule has 5 rings (SSSR count). The Morgan fingerprint density at radius 1 is 1.09 bits per heavy atom. The molecule has 0 bridgehead atoms. The molecule has 2 saturated carbocycles. The second kappa shape index (κ2) is 14.2. The molecule has 1 heterocycles. The molecule has 3 aromatic rings. The van der Waals surface area contributed by atoms with Crippen LogP contribution >= 0.6 is 12.4 Å². The first-order valence-electron chi connectivity index (χ1n) is 13.9. The molecular formula is C29H32ClF4N5O5. The van der Waals surface area contributed by atoms with Gasteiger partial charge in [0.25, 0.3) is 5.91 Å². The first kappa shape index (κ1) is 32.9. The molecule has 1 aromatic heterocycles. The molecule has 0 spiro atoms. The van der Waals surface area contributed by atoms with E-state index >= 15 is 0 Å². The largest absolute Gasteiger partial charge is 0.489 e. The number of oxazole rings is 1. The molecule has 2 atom stereocenters. The number of rotatable bonds is 13. The summed E-state index contributed by atoms with van der Waals surface area (Å²) < 4.78 is 70.4. The number of hydrogen-bond acceptors (Lipinski definition) is 7. The molecule has 44 heavy (non-hydrogen) atoms. The Morgan fingerprint density at radius 2 is 1.84 bits per heavy atom. The molecule has 1 unspecified atom stereocenters. The van der Waals surface area contributed by atoms with E-state index in [2.05, 4.69) is 25.7 Å². The number of urea groups is 1. The molecule has 0 radical (unpaired) electrons. The third kappa shape index (κ3) is 8.53. The second-order valence-electron chi connectivity index (χ2n) is 10.6. The summed E-state index contributed by atoms with van der Waals surface area (Å²) in [7, 11) is 0. The topological polar surface area (TPSA) is 141 Å². The van der Waals surface area contributed by atoms with Gasteiger partial charge < -0.3 is 35.6 Å². The fourth-order valence-electron chi connectivity index (χ4n) is 4.27. The minimum Gasteiger partial charge on any atom is -0.489 e. The lowest BCUT2D eigenvalue weighted by atomic mass is 10.1. The van der Waals surface area contributed by atoms with Crippen molar-refractivity contribution in [1.29, 1.82) is 0 Å². The molecular weight excluding hydrogens is 610 g/mol. The Balaban J connectivity index is 0.00000442. The minimum absolute atomic E-state index is 0. The third-order valence-electron chi connectivity index (χ3n) is 6.88. The summed E-state index contributed by atoms with van der Waals surface area (Å²) >= 11 is 0. The summed E-state index contributed by atoms with van der Waals surface area (Å²) in [4.78, 5) is 30.0. The Bertz CT molecular complexity index is 1480. The highest BCUT2D eigenvalue weighted by Crippen LogP contribution is 2.37. The van der Waals surface area contributed by atoms with E-state index in [1.54, 1.807) is 6.92 Å². The number of carbonyl (C=O) groups excluding carboxylic acids is 2. The molecule has 2 aromatic carbocycles. The monoisotopic (exact) mass is 641 g/mol. The van der Waals surface area contributed by atoms with Crippen LogP contribution < -0.4 is 31.2 Å². The van der Waals surface area contributed by atoms with Crippen molar-refractivity contribution in [2.24, 2.45) is 11.7 Å². The number of benzene rings is 2. The molecule has 0 aliphatic heterocycles. The first-order valence-corrected chi connectivity index (χ1v) is 13.9. The van der Waals surface area contributed by atoms with Crippen LogP contribution in [-0.2, 0) is 0 Å². The van der Waals surface area contributed by atoms with Crippen molar-refractivity contribution in [3.8, 4) is 23.0 Å². The number of carbonyl (C=O) groups is 2. The SMILES string of the molecule is C[C@H](N)c1oc(-c2ccc(OC(F)F)c(OCC3CC3)c2)nc1C(=O)NC(CNC(=O)NC1CC1)c1ccc(F)cc1F.Cl. The number of amides is 3. The van der Waals surface area contributed by atoms with E-state index in [-0.39, 0.29) is 59.4 Å². The highest BCUT2D eigenvalue weighted by Gasteiger charge is 2.29. The molecule has 2 fully saturated rings. The van der Waals surface area contributed by atoms with Gasteiger partial charge in [-0.05, 0) is 62.8 Å². The lowest BCUT2D eigenvalue weighted by molar-refractivity contribution is -0.0515. The van der Waals surface area contributed by atoms with Gasteiger partial charge in [0, 0.05) is 29.8 Å². The number of halogens is 5. The standard InChI is InChI=1S/C29H31F4N5O5.ClH/c1-14(34)25-24(38-27(43-25)16-4-9-22(42-28(32)33)23(10-16)41-13-15-2-3-15)26(39)37-21(12-35-29(40)36-18-6-7-18)19-8-5-17(30)11-20(19)31;/h4-5,8-11,14-15,18,21,28H,2-3,6-7,12-13,34H2,1H3,(H,37,39)(H2,35,36,40);1H/t14-,21?;/m0./s1. The summed E-state index contributed by atoms with van der Waals surface area (Å²) in [5, 5.41) is 7.95. The van der Waals surface area contributed by atoms with Gasteiger partial charge in [0.15, 0.2) is 23.0 Å². The summed E-state index contributed by atoms with van der Waals surface area (Å²) in [6.07, 6.45) is 3.66. The molecule has 0 saturated heterocycles. The minimum atomic E-state index is -3.07. The van der Waals surface area contributed by atoms with Crippen LogP contribution in [0.1, 0.15) is 66.5 Å². The quantitative estimate of drug-likeness (QED) is 0.184. The Hall–Kier alpha value is -4.04. The Kier molecular flexibility index (Phi) is 10.6. The average Bonchev–Trinajstić information content (AvgIpc) is 3.89. The molecule has 2 aliphatic rings. The Morgan fingerprint density at radius 3 is 2.48 bits per heavy atom. The number of aromatic nitrogens is 1. The van der Waals surface area contributed by atoms with Crippen molar-refractivity contribution in [3.05, 3.63) is 65.1 Å². The van der Waals surface area contributed by atoms with E-state index in [1.807, 2.05) is 0 Å². The maximum atomic E-state index is 14.8. The van der Waals surface area contributed by atoms with Crippen LogP contribution in [-0.4, -0.2) is 42.7 Å². The predicted octanol–water partition coefficient (Wildman–Crippen LogP) is 5.38. The van der Waals surface area contributed by atoms with E-state index < -0.39 is 42.3 Å². The van der Waals surface area contributed by atoms with Crippen LogP contribution in [0.2, 0.25) is 0 Å². The number of hydrogen-bond donors (Lipinski definition) is 4. The van der Waals surface area contributed by atoms with Crippen molar-refractivity contribution in [2.75, 3.05) is 13.2 Å². The van der Waals surface area contributed by atoms with Crippen LogP contribution in [0.15, 0.2) is 40.8 Å². The van der Waals surface area contributed by atoms with Crippen molar-refractivity contribution >= 4 is 24.3 Å². The highest BCUT2D eigenvalue weighted by atomic mass is 35.5. The zero-order valence-corrected chi connectivity index (χ0v) is 24.4. The van der Waals surface area contributed by atoms with Crippen LogP contribution in [0.4, 0.5) is 22.4 Å². The molecule has 5 N–H and O–H groups in total. The van der Waals surface area contributed by atoms with Gasteiger partial charge in [-0.25, -0.2) is 18.6 Å². The van der Waals surface area contributed by atoms with Crippen LogP contribution in [0.25, 0.3) is 11.5 Å². The van der Waals surface area contributed by atoms with Gasteiger partial charge in [0.2, 0.25) is 5.89 Å². The summed E-state index contributed by atoms with van der Waals surface area (Å²) in [5.41, 5.74) is 6.08. The van der Waals surface area contributed by atoms with Crippen LogP contribution in [0, 0.1) is 17.6 Å². The molecule has 3 amide bonds. The van der Waals surface area contributed by atoms with Crippen molar-refractivity contribution in [3.63, 3.8) is 0 Å². The second-order valence-corrected chi connectivity index (χ2v) is 10.6. The van der Waals surface area contributed by atoms with Gasteiger partial charge in [0.05, 0.1) is 18.7 Å². The number of alkyl halides is 2.